The van der Waals surface area contributed by atoms with Gasteiger partial charge in [0.1, 0.15) is 11.6 Å². The molecule has 0 bridgehead atoms. The van der Waals surface area contributed by atoms with Crippen LogP contribution < -0.4 is 5.32 Å². The number of nitrogens with zero attached hydrogens (tertiary/aromatic N) is 2. The number of nitrogens with one attached hydrogen (secondary N) is 1. The van der Waals surface area contributed by atoms with Crippen LogP contribution in [0.3, 0.4) is 0 Å². The van der Waals surface area contributed by atoms with Crippen molar-refractivity contribution in [3.63, 3.8) is 0 Å². The lowest BCUT2D eigenvalue weighted by molar-refractivity contribution is -0.118. The molecule has 0 aromatic heterocycles. The SMILES string of the molecule is CCC(NC(=O)/C(C#N)=C\N1CCCCC1C)c1ccc2c(c1)CCCC2. The second-order valence-corrected chi connectivity index (χ2v) is 7.91. The van der Waals surface area contributed by atoms with E-state index in [9.17, 15) is 10.1 Å². The van der Waals surface area contributed by atoms with Crippen LogP contribution in [0.5, 0.6) is 0 Å². The Hall–Kier alpha value is -2.28. The van der Waals surface area contributed by atoms with Gasteiger partial charge in [-0.2, -0.15) is 5.26 Å². The van der Waals surface area contributed by atoms with E-state index in [1.807, 2.05) is 0 Å². The zero-order valence-corrected chi connectivity index (χ0v) is 16.6. The minimum absolute atomic E-state index is 0.0553. The molecule has 4 nitrogen and oxygen atoms in total. The molecule has 2 atom stereocenters. The first kappa shape index (κ1) is 19.5. The molecule has 27 heavy (non-hydrogen) atoms. The molecule has 1 N–H and O–H groups in total. The Balaban J connectivity index is 1.73. The van der Waals surface area contributed by atoms with Gasteiger partial charge in [0.2, 0.25) is 0 Å². The zero-order valence-electron chi connectivity index (χ0n) is 16.6. The molecule has 0 radical (unpaired) electrons. The van der Waals surface area contributed by atoms with Gasteiger partial charge in [0.15, 0.2) is 0 Å². The first-order valence-corrected chi connectivity index (χ1v) is 10.4. The van der Waals surface area contributed by atoms with Gasteiger partial charge in [-0.25, -0.2) is 0 Å². The molecular formula is C23H31N3O. The zero-order chi connectivity index (χ0) is 19.2. The third kappa shape index (κ3) is 4.71. The largest absolute Gasteiger partial charge is 0.373 e. The van der Waals surface area contributed by atoms with E-state index in [0.29, 0.717) is 6.04 Å². The van der Waals surface area contributed by atoms with Gasteiger partial charge in [0.25, 0.3) is 5.91 Å². The maximum Gasteiger partial charge on any atom is 0.263 e. The highest BCUT2D eigenvalue weighted by atomic mass is 16.1. The number of likely N-dealkylation sites (tertiary alicyclic amines) is 1. The lowest BCUT2D eigenvalue weighted by atomic mass is 9.88. The number of aryl methyl sites for hydroxylation is 2. The summed E-state index contributed by atoms with van der Waals surface area (Å²) in [5.41, 5.74) is 4.22. The summed E-state index contributed by atoms with van der Waals surface area (Å²) in [6.07, 6.45) is 10.8. The molecule has 1 aliphatic heterocycles. The van der Waals surface area contributed by atoms with Gasteiger partial charge in [-0.1, -0.05) is 25.1 Å². The predicted octanol–water partition coefficient (Wildman–Crippen LogP) is 4.41. The summed E-state index contributed by atoms with van der Waals surface area (Å²) in [4.78, 5) is 14.9. The Morgan fingerprint density at radius 1 is 1.30 bits per heavy atom. The Bertz CT molecular complexity index is 746. The fraction of sp³-hybridized carbons (Fsp3) is 0.565. The molecule has 1 heterocycles. The number of fused-ring (bicyclic) bond motifs is 1. The van der Waals surface area contributed by atoms with E-state index in [0.717, 1.165) is 44.2 Å². The molecule has 0 spiro atoms. The molecule has 144 valence electrons. The maximum absolute atomic E-state index is 12.8. The highest BCUT2D eigenvalue weighted by Crippen LogP contribution is 2.26. The summed E-state index contributed by atoms with van der Waals surface area (Å²) in [7, 11) is 0. The standard InChI is InChI=1S/C23H31N3O/c1-3-22(20-12-11-18-9-4-5-10-19(18)14-20)25-23(27)21(15-24)16-26-13-7-6-8-17(26)2/h11-12,14,16-17,22H,3-10,13H2,1-2H3,(H,25,27)/b21-16-. The van der Waals surface area contributed by atoms with E-state index in [1.54, 1.807) is 6.20 Å². The third-order valence-corrected chi connectivity index (χ3v) is 6.00. The summed E-state index contributed by atoms with van der Waals surface area (Å²) >= 11 is 0. The Morgan fingerprint density at radius 3 is 2.78 bits per heavy atom. The number of carbonyl (C=O) groups excluding carboxylic acids is 1. The third-order valence-electron chi connectivity index (χ3n) is 6.00. The van der Waals surface area contributed by atoms with E-state index in [2.05, 4.69) is 48.3 Å². The fourth-order valence-electron chi connectivity index (χ4n) is 4.24. The predicted molar refractivity (Wildman–Crippen MR) is 108 cm³/mol. The number of amides is 1. The van der Waals surface area contributed by atoms with E-state index in [-0.39, 0.29) is 17.5 Å². The van der Waals surface area contributed by atoms with Crippen LogP contribution in [0.1, 0.15) is 75.1 Å². The molecule has 3 rings (SSSR count). The van der Waals surface area contributed by atoms with Crippen LogP contribution in [-0.2, 0) is 17.6 Å². The van der Waals surface area contributed by atoms with Crippen molar-refractivity contribution >= 4 is 5.91 Å². The van der Waals surface area contributed by atoms with Crippen molar-refractivity contribution in [2.75, 3.05) is 6.54 Å². The van der Waals surface area contributed by atoms with Gasteiger partial charge in [-0.15, -0.1) is 0 Å². The number of hydrogen-bond acceptors (Lipinski definition) is 3. The number of nitriles is 1. The van der Waals surface area contributed by atoms with Crippen molar-refractivity contribution in [2.45, 2.75) is 77.3 Å². The lowest BCUT2D eigenvalue weighted by Crippen LogP contribution is -2.35. The minimum Gasteiger partial charge on any atom is -0.373 e. The number of hydrogen-bond donors (Lipinski definition) is 1. The molecule has 1 aromatic rings. The average Bonchev–Trinajstić information content (AvgIpc) is 2.70. The molecule has 0 saturated carbocycles. The van der Waals surface area contributed by atoms with Gasteiger partial charge in [-0.3, -0.25) is 4.79 Å². The molecule has 1 amide bonds. The van der Waals surface area contributed by atoms with Crippen molar-refractivity contribution in [1.29, 1.82) is 5.26 Å². The van der Waals surface area contributed by atoms with Gasteiger partial charge >= 0.3 is 0 Å². The highest BCUT2D eigenvalue weighted by molar-refractivity contribution is 5.97. The topological polar surface area (TPSA) is 56.1 Å². The molecule has 2 aliphatic rings. The quantitative estimate of drug-likeness (QED) is 0.621. The average molecular weight is 366 g/mol. The van der Waals surface area contributed by atoms with E-state index < -0.39 is 0 Å². The van der Waals surface area contributed by atoms with Crippen LogP contribution in [0, 0.1) is 11.3 Å². The highest BCUT2D eigenvalue weighted by Gasteiger charge is 2.21. The second-order valence-electron chi connectivity index (χ2n) is 7.91. The number of rotatable bonds is 5. The molecule has 1 fully saturated rings. The van der Waals surface area contributed by atoms with Crippen molar-refractivity contribution in [3.8, 4) is 6.07 Å². The fourth-order valence-corrected chi connectivity index (χ4v) is 4.24. The van der Waals surface area contributed by atoms with Crippen LogP contribution in [0.4, 0.5) is 0 Å². The summed E-state index contributed by atoms with van der Waals surface area (Å²) in [5.74, 6) is -0.264. The van der Waals surface area contributed by atoms with E-state index >= 15 is 0 Å². The number of carbonyl (C=O) groups is 1. The smallest absolute Gasteiger partial charge is 0.263 e. The molecule has 1 aromatic carbocycles. The summed E-state index contributed by atoms with van der Waals surface area (Å²) in [5, 5.41) is 12.6. The summed E-state index contributed by atoms with van der Waals surface area (Å²) < 4.78 is 0. The van der Waals surface area contributed by atoms with Crippen LogP contribution in [0.2, 0.25) is 0 Å². The molecule has 4 heteroatoms. The number of benzene rings is 1. The van der Waals surface area contributed by atoms with Gasteiger partial charge in [0.05, 0.1) is 6.04 Å². The van der Waals surface area contributed by atoms with Crippen LogP contribution >= 0.6 is 0 Å². The molecular weight excluding hydrogens is 334 g/mol. The first-order chi connectivity index (χ1) is 13.1. The lowest BCUT2D eigenvalue weighted by Gasteiger charge is -2.32. The van der Waals surface area contributed by atoms with Crippen LogP contribution in [0.25, 0.3) is 0 Å². The van der Waals surface area contributed by atoms with Crippen molar-refractivity contribution in [1.82, 2.24) is 10.2 Å². The van der Waals surface area contributed by atoms with Crippen LogP contribution in [-0.4, -0.2) is 23.4 Å². The number of piperidine rings is 1. The van der Waals surface area contributed by atoms with Gasteiger partial charge in [0, 0.05) is 18.8 Å². The van der Waals surface area contributed by atoms with Crippen molar-refractivity contribution in [3.05, 3.63) is 46.7 Å². The Kier molecular flexibility index (Phi) is 6.55. The van der Waals surface area contributed by atoms with Gasteiger partial charge < -0.3 is 10.2 Å². The molecule has 1 aliphatic carbocycles. The summed E-state index contributed by atoms with van der Waals surface area (Å²) in [6.45, 7) is 5.15. The molecule has 2 unspecified atom stereocenters. The second kappa shape index (κ2) is 9.08. The maximum atomic E-state index is 12.8. The van der Waals surface area contributed by atoms with Crippen LogP contribution in [0.15, 0.2) is 30.0 Å². The Morgan fingerprint density at radius 2 is 2.07 bits per heavy atom. The minimum atomic E-state index is -0.264. The van der Waals surface area contributed by atoms with Gasteiger partial charge in [-0.05, 0) is 75.0 Å². The molecule has 1 saturated heterocycles. The Labute approximate surface area is 163 Å². The monoisotopic (exact) mass is 365 g/mol. The van der Waals surface area contributed by atoms with E-state index in [1.165, 1.54) is 30.4 Å². The normalized spacial score (nSPS) is 21.1. The van der Waals surface area contributed by atoms with Crippen molar-refractivity contribution in [2.24, 2.45) is 0 Å². The first-order valence-electron chi connectivity index (χ1n) is 10.4. The van der Waals surface area contributed by atoms with Crippen molar-refractivity contribution < 1.29 is 4.79 Å². The van der Waals surface area contributed by atoms with E-state index in [4.69, 9.17) is 0 Å². The summed E-state index contributed by atoms with van der Waals surface area (Å²) in [6, 6.07) is 9.05.